The molecule has 0 bridgehead atoms. The molecule has 1 heterocycles. The topological polar surface area (TPSA) is 67.0 Å². The number of carbonyl (C=O) groups is 1. The molecule has 0 saturated heterocycles. The first kappa shape index (κ1) is 13.1. The molecule has 0 spiro atoms. The number of nitrogens with zero attached hydrogens (tertiary/aromatic N) is 1. The molecule has 0 radical (unpaired) electrons. The number of rotatable bonds is 6. The highest BCUT2D eigenvalue weighted by molar-refractivity contribution is 5.88. The fourth-order valence-corrected chi connectivity index (χ4v) is 1.66. The molecule has 19 heavy (non-hydrogen) atoms. The summed E-state index contributed by atoms with van der Waals surface area (Å²) in [5.41, 5.74) is 1.10. The number of anilines is 1. The number of carbonyl (C=O) groups excluding carboxylic acids is 1. The van der Waals surface area contributed by atoms with Crippen LogP contribution in [-0.4, -0.2) is 22.5 Å². The van der Waals surface area contributed by atoms with E-state index in [1.807, 2.05) is 31.2 Å². The van der Waals surface area contributed by atoms with Gasteiger partial charge in [-0.3, -0.25) is 10.1 Å². The van der Waals surface area contributed by atoms with Crippen LogP contribution in [0, 0.1) is 6.92 Å². The number of para-hydroxylation sites is 1. The molecule has 0 fully saturated rings. The maximum atomic E-state index is 11.6. The third-order valence-electron chi connectivity index (χ3n) is 2.66. The minimum atomic E-state index is -0.0664. The molecular formula is C14H17N3O2. The summed E-state index contributed by atoms with van der Waals surface area (Å²) in [5.74, 6) is 1.28. The maximum absolute atomic E-state index is 11.6. The number of H-pyrrole nitrogens is 1. The van der Waals surface area contributed by atoms with Crippen molar-refractivity contribution in [2.75, 3.05) is 11.9 Å². The monoisotopic (exact) mass is 259 g/mol. The molecule has 100 valence electrons. The van der Waals surface area contributed by atoms with Gasteiger partial charge in [-0.1, -0.05) is 18.2 Å². The van der Waals surface area contributed by atoms with Crippen molar-refractivity contribution in [1.29, 1.82) is 0 Å². The highest BCUT2D eigenvalue weighted by atomic mass is 16.5. The molecule has 5 nitrogen and oxygen atoms in total. The van der Waals surface area contributed by atoms with Crippen LogP contribution in [0.1, 0.15) is 18.4 Å². The van der Waals surface area contributed by atoms with Crippen LogP contribution in [-0.2, 0) is 4.79 Å². The number of nitrogens with one attached hydrogen (secondary N) is 2. The Kier molecular flexibility index (Phi) is 4.55. The summed E-state index contributed by atoms with van der Waals surface area (Å²) >= 11 is 0. The van der Waals surface area contributed by atoms with Gasteiger partial charge in [0, 0.05) is 18.8 Å². The molecule has 0 saturated carbocycles. The lowest BCUT2D eigenvalue weighted by molar-refractivity contribution is -0.116. The van der Waals surface area contributed by atoms with Gasteiger partial charge < -0.3 is 9.72 Å². The second-order valence-electron chi connectivity index (χ2n) is 4.20. The van der Waals surface area contributed by atoms with Crippen molar-refractivity contribution in [1.82, 2.24) is 9.97 Å². The number of amides is 1. The van der Waals surface area contributed by atoms with Crippen LogP contribution in [0.4, 0.5) is 5.95 Å². The highest BCUT2D eigenvalue weighted by Gasteiger charge is 2.04. The Hall–Kier alpha value is -2.30. The zero-order valence-electron chi connectivity index (χ0n) is 10.8. The molecule has 2 rings (SSSR count). The summed E-state index contributed by atoms with van der Waals surface area (Å²) in [6.07, 6.45) is 4.33. The van der Waals surface area contributed by atoms with E-state index in [2.05, 4.69) is 15.3 Å². The Morgan fingerprint density at radius 3 is 3.00 bits per heavy atom. The molecule has 1 aromatic carbocycles. The van der Waals surface area contributed by atoms with E-state index in [-0.39, 0.29) is 5.91 Å². The molecule has 0 aliphatic carbocycles. The van der Waals surface area contributed by atoms with E-state index in [0.717, 1.165) is 11.3 Å². The Labute approximate surface area is 112 Å². The van der Waals surface area contributed by atoms with Gasteiger partial charge in [-0.05, 0) is 25.0 Å². The summed E-state index contributed by atoms with van der Waals surface area (Å²) in [4.78, 5) is 18.3. The Balaban J connectivity index is 1.67. The third-order valence-corrected chi connectivity index (χ3v) is 2.66. The molecule has 1 amide bonds. The molecule has 2 N–H and O–H groups in total. The van der Waals surface area contributed by atoms with Gasteiger partial charge in [0.15, 0.2) is 0 Å². The Bertz CT molecular complexity index is 523. The lowest BCUT2D eigenvalue weighted by Gasteiger charge is -2.08. The van der Waals surface area contributed by atoms with E-state index >= 15 is 0 Å². The van der Waals surface area contributed by atoms with Crippen LogP contribution >= 0.6 is 0 Å². The minimum Gasteiger partial charge on any atom is -0.493 e. The summed E-state index contributed by atoms with van der Waals surface area (Å²) in [6, 6.07) is 7.84. The summed E-state index contributed by atoms with van der Waals surface area (Å²) in [5, 5.41) is 2.67. The van der Waals surface area contributed by atoms with Gasteiger partial charge in [0.1, 0.15) is 5.75 Å². The molecule has 2 aromatic rings. The van der Waals surface area contributed by atoms with Gasteiger partial charge in [0.2, 0.25) is 11.9 Å². The van der Waals surface area contributed by atoms with E-state index in [9.17, 15) is 4.79 Å². The molecule has 5 heteroatoms. The van der Waals surface area contributed by atoms with Crippen LogP contribution in [0.2, 0.25) is 0 Å². The zero-order chi connectivity index (χ0) is 13.5. The van der Waals surface area contributed by atoms with Crippen molar-refractivity contribution in [3.8, 4) is 5.75 Å². The predicted octanol–water partition coefficient (Wildman–Crippen LogP) is 2.52. The second kappa shape index (κ2) is 6.58. The van der Waals surface area contributed by atoms with Crippen molar-refractivity contribution in [2.45, 2.75) is 19.8 Å². The van der Waals surface area contributed by atoms with Crippen LogP contribution in [0.15, 0.2) is 36.7 Å². The zero-order valence-corrected chi connectivity index (χ0v) is 10.8. The van der Waals surface area contributed by atoms with E-state index < -0.39 is 0 Å². The maximum Gasteiger partial charge on any atom is 0.226 e. The average Bonchev–Trinajstić information content (AvgIpc) is 2.89. The third kappa shape index (κ3) is 4.13. The molecule has 0 aliphatic rings. The molecule has 0 aliphatic heterocycles. The lowest BCUT2D eigenvalue weighted by Crippen LogP contribution is -2.13. The number of aromatic amines is 1. The standard InChI is InChI=1S/C14H17N3O2/c1-11-5-2-3-6-12(11)19-10-4-7-13(18)17-14-15-8-9-16-14/h2-3,5-6,8-9H,4,7,10H2,1H3,(H2,15,16,17,18). The van der Waals surface area contributed by atoms with Gasteiger partial charge in [0.25, 0.3) is 0 Å². The Morgan fingerprint density at radius 1 is 1.42 bits per heavy atom. The van der Waals surface area contributed by atoms with E-state index in [4.69, 9.17) is 4.74 Å². The lowest BCUT2D eigenvalue weighted by atomic mass is 10.2. The van der Waals surface area contributed by atoms with Gasteiger partial charge in [-0.2, -0.15) is 0 Å². The number of hydrogen-bond acceptors (Lipinski definition) is 3. The van der Waals surface area contributed by atoms with Crippen molar-refractivity contribution >= 4 is 11.9 Å². The second-order valence-corrected chi connectivity index (χ2v) is 4.20. The molecule has 0 atom stereocenters. The molecule has 0 unspecified atom stereocenters. The number of aromatic nitrogens is 2. The largest absolute Gasteiger partial charge is 0.493 e. The van der Waals surface area contributed by atoms with Crippen LogP contribution in [0.5, 0.6) is 5.75 Å². The molecule has 1 aromatic heterocycles. The van der Waals surface area contributed by atoms with Gasteiger partial charge in [-0.15, -0.1) is 0 Å². The van der Waals surface area contributed by atoms with Gasteiger partial charge in [0.05, 0.1) is 6.61 Å². The molecular weight excluding hydrogens is 242 g/mol. The van der Waals surface area contributed by atoms with Gasteiger partial charge in [-0.25, -0.2) is 4.98 Å². The number of imidazole rings is 1. The number of benzene rings is 1. The summed E-state index contributed by atoms with van der Waals surface area (Å²) in [6.45, 7) is 2.52. The average molecular weight is 259 g/mol. The Morgan fingerprint density at radius 2 is 2.26 bits per heavy atom. The SMILES string of the molecule is Cc1ccccc1OCCCC(=O)Nc1ncc[nH]1. The fourth-order valence-electron chi connectivity index (χ4n) is 1.66. The van der Waals surface area contributed by atoms with E-state index in [1.54, 1.807) is 12.4 Å². The number of ether oxygens (including phenoxy) is 1. The van der Waals surface area contributed by atoms with Crippen LogP contribution < -0.4 is 10.1 Å². The van der Waals surface area contributed by atoms with Crippen molar-refractivity contribution in [3.05, 3.63) is 42.2 Å². The minimum absolute atomic E-state index is 0.0664. The first-order valence-electron chi connectivity index (χ1n) is 6.23. The van der Waals surface area contributed by atoms with E-state index in [1.165, 1.54) is 0 Å². The van der Waals surface area contributed by atoms with Crippen molar-refractivity contribution < 1.29 is 9.53 Å². The summed E-state index contributed by atoms with van der Waals surface area (Å²) in [7, 11) is 0. The predicted molar refractivity (Wildman–Crippen MR) is 73.1 cm³/mol. The fraction of sp³-hybridized carbons (Fsp3) is 0.286. The summed E-state index contributed by atoms with van der Waals surface area (Å²) < 4.78 is 5.62. The van der Waals surface area contributed by atoms with E-state index in [0.29, 0.717) is 25.4 Å². The van der Waals surface area contributed by atoms with Crippen LogP contribution in [0.25, 0.3) is 0 Å². The van der Waals surface area contributed by atoms with Crippen molar-refractivity contribution in [2.24, 2.45) is 0 Å². The number of aryl methyl sites for hydroxylation is 1. The number of hydrogen-bond donors (Lipinski definition) is 2. The first-order chi connectivity index (χ1) is 9.25. The quantitative estimate of drug-likeness (QED) is 0.783. The normalized spacial score (nSPS) is 10.2. The first-order valence-corrected chi connectivity index (χ1v) is 6.23. The smallest absolute Gasteiger partial charge is 0.226 e. The van der Waals surface area contributed by atoms with Crippen molar-refractivity contribution in [3.63, 3.8) is 0 Å². The van der Waals surface area contributed by atoms with Crippen LogP contribution in [0.3, 0.4) is 0 Å². The highest BCUT2D eigenvalue weighted by Crippen LogP contribution is 2.16. The van der Waals surface area contributed by atoms with Gasteiger partial charge >= 0.3 is 0 Å².